The Labute approximate surface area is 173 Å². The maximum atomic E-state index is 11.1. The second-order valence-electron chi connectivity index (χ2n) is 10.6. The van der Waals surface area contributed by atoms with Crippen LogP contribution in [-0.2, 0) is 0 Å². The molecule has 0 aromatic rings. The molecule has 0 bridgehead atoms. The van der Waals surface area contributed by atoms with E-state index in [1.165, 1.54) is 0 Å². The van der Waals surface area contributed by atoms with Crippen molar-refractivity contribution in [3.05, 3.63) is 11.8 Å². The maximum Gasteiger partial charge on any atom is 0.146 e. The van der Waals surface area contributed by atoms with Gasteiger partial charge < -0.3 is 5.11 Å². The molecule has 0 saturated heterocycles. The van der Waals surface area contributed by atoms with Gasteiger partial charge in [-0.25, -0.2) is 0 Å². The second-order valence-corrected chi connectivity index (χ2v) is 22.0. The van der Waals surface area contributed by atoms with E-state index in [0.717, 1.165) is 0 Å². The van der Waals surface area contributed by atoms with Crippen molar-refractivity contribution >= 4 is 16.1 Å². The predicted molar refractivity (Wildman–Crippen MR) is 130 cm³/mol. The summed E-state index contributed by atoms with van der Waals surface area (Å²) in [6.45, 7) is 29.9. The standard InChI is InChI=1S/C24H48OSi2/c1-18(2)26(19(3)4,20(5)6)16-14-24(13,25)15-17-27(21(7)8,22(9)10)23(11)12/h14,16,18-23,25H,1-13H3. The molecule has 0 saturated carbocycles. The van der Waals surface area contributed by atoms with Gasteiger partial charge in [0.05, 0.1) is 8.07 Å². The van der Waals surface area contributed by atoms with E-state index in [4.69, 9.17) is 0 Å². The SMILES string of the molecule is CC(C)[Si](C#CC(C)(O)C=C[Si](C(C)C)(C(C)C)C(C)C)(C(C)C)C(C)C. The fourth-order valence-corrected chi connectivity index (χ4v) is 16.7. The Bertz CT molecular complexity index is 499. The minimum atomic E-state index is -1.82. The maximum absolute atomic E-state index is 11.1. The van der Waals surface area contributed by atoms with Crippen molar-refractivity contribution in [3.63, 3.8) is 0 Å². The quantitative estimate of drug-likeness (QED) is 0.322. The normalized spacial score (nSPS) is 16.1. The van der Waals surface area contributed by atoms with Gasteiger partial charge in [-0.2, -0.15) is 0 Å². The van der Waals surface area contributed by atoms with Crippen molar-refractivity contribution in [2.24, 2.45) is 0 Å². The van der Waals surface area contributed by atoms with Crippen LogP contribution in [0.5, 0.6) is 0 Å². The van der Waals surface area contributed by atoms with E-state index >= 15 is 0 Å². The highest BCUT2D eigenvalue weighted by molar-refractivity contribution is 6.90. The first-order chi connectivity index (χ1) is 12.1. The van der Waals surface area contributed by atoms with Gasteiger partial charge >= 0.3 is 0 Å². The van der Waals surface area contributed by atoms with Gasteiger partial charge in [-0.3, -0.25) is 0 Å². The predicted octanol–water partition coefficient (Wildman–Crippen LogP) is 7.73. The molecule has 1 N–H and O–H groups in total. The third-order valence-electron chi connectivity index (χ3n) is 7.09. The van der Waals surface area contributed by atoms with Crippen LogP contribution in [0.1, 0.15) is 90.0 Å². The monoisotopic (exact) mass is 408 g/mol. The van der Waals surface area contributed by atoms with E-state index in [2.05, 4.69) is 100 Å². The third kappa shape index (κ3) is 5.84. The summed E-state index contributed by atoms with van der Waals surface area (Å²) < 4.78 is 0. The minimum Gasteiger partial charge on any atom is -0.374 e. The summed E-state index contributed by atoms with van der Waals surface area (Å²) in [6, 6.07) is 0. The lowest BCUT2D eigenvalue weighted by atomic mass is 10.1. The van der Waals surface area contributed by atoms with Crippen LogP contribution >= 0.6 is 0 Å². The van der Waals surface area contributed by atoms with E-state index in [1.807, 2.05) is 13.0 Å². The Morgan fingerprint density at radius 2 is 1.00 bits per heavy atom. The zero-order chi connectivity index (χ0) is 21.8. The molecular weight excluding hydrogens is 360 g/mol. The first kappa shape index (κ1) is 26.7. The second kappa shape index (κ2) is 9.94. The average Bonchev–Trinajstić information content (AvgIpc) is 2.45. The molecule has 0 aromatic heterocycles. The van der Waals surface area contributed by atoms with E-state index in [1.54, 1.807) is 0 Å². The molecule has 27 heavy (non-hydrogen) atoms. The van der Waals surface area contributed by atoms with E-state index in [9.17, 15) is 5.11 Å². The van der Waals surface area contributed by atoms with Crippen molar-refractivity contribution in [2.75, 3.05) is 0 Å². The average molecular weight is 409 g/mol. The number of hydrogen-bond acceptors (Lipinski definition) is 1. The molecule has 0 spiro atoms. The molecule has 0 aliphatic rings. The minimum absolute atomic E-state index is 0.584. The van der Waals surface area contributed by atoms with Crippen molar-refractivity contribution in [1.29, 1.82) is 0 Å². The number of rotatable bonds is 8. The molecule has 0 fully saturated rings. The summed E-state index contributed by atoms with van der Waals surface area (Å²) in [5.74, 6) is 3.34. The number of aliphatic hydroxyl groups is 1. The van der Waals surface area contributed by atoms with Crippen LogP contribution in [0.15, 0.2) is 11.8 Å². The Kier molecular flexibility index (Phi) is 9.83. The summed E-state index contributed by atoms with van der Waals surface area (Å²) in [4.78, 5) is 0. The lowest BCUT2D eigenvalue weighted by molar-refractivity contribution is 0.174. The molecule has 0 aromatic carbocycles. The first-order valence-corrected chi connectivity index (χ1v) is 15.6. The van der Waals surface area contributed by atoms with Crippen molar-refractivity contribution in [2.45, 2.75) is 129 Å². The molecule has 158 valence electrons. The van der Waals surface area contributed by atoms with Crippen LogP contribution in [0.3, 0.4) is 0 Å². The van der Waals surface area contributed by atoms with Crippen molar-refractivity contribution in [1.82, 2.24) is 0 Å². The summed E-state index contributed by atoms with van der Waals surface area (Å²) in [5.41, 5.74) is 8.75. The Morgan fingerprint density at radius 3 is 1.26 bits per heavy atom. The number of hydrogen-bond donors (Lipinski definition) is 1. The molecule has 0 aliphatic carbocycles. The van der Waals surface area contributed by atoms with Crippen molar-refractivity contribution in [3.8, 4) is 11.5 Å². The fraction of sp³-hybridized carbons (Fsp3) is 0.833. The zero-order valence-corrected chi connectivity index (χ0v) is 22.6. The summed E-state index contributed by atoms with van der Waals surface area (Å²) >= 11 is 0. The summed E-state index contributed by atoms with van der Waals surface area (Å²) in [6.07, 6.45) is 2.03. The summed E-state index contributed by atoms with van der Waals surface area (Å²) in [5, 5.41) is 11.1. The van der Waals surface area contributed by atoms with Gasteiger partial charge in [-0.05, 0) is 46.2 Å². The van der Waals surface area contributed by atoms with Gasteiger partial charge in [0, 0.05) is 0 Å². The van der Waals surface area contributed by atoms with Crippen LogP contribution in [0.25, 0.3) is 0 Å². The Morgan fingerprint density at radius 1 is 0.667 bits per heavy atom. The molecule has 0 amide bonds. The van der Waals surface area contributed by atoms with Gasteiger partial charge in [-0.15, -0.1) is 5.54 Å². The van der Waals surface area contributed by atoms with E-state index < -0.39 is 21.7 Å². The van der Waals surface area contributed by atoms with Gasteiger partial charge in [0.1, 0.15) is 13.7 Å². The molecule has 1 atom stereocenters. The van der Waals surface area contributed by atoms with Crippen LogP contribution in [-0.4, -0.2) is 26.9 Å². The topological polar surface area (TPSA) is 20.2 Å². The Balaban J connectivity index is 6.13. The first-order valence-electron chi connectivity index (χ1n) is 11.0. The van der Waals surface area contributed by atoms with Crippen LogP contribution in [0, 0.1) is 11.5 Å². The lowest BCUT2D eigenvalue weighted by Gasteiger charge is -2.41. The summed E-state index contributed by atoms with van der Waals surface area (Å²) in [7, 11) is -3.50. The third-order valence-corrected chi connectivity index (χ3v) is 20.1. The zero-order valence-electron chi connectivity index (χ0n) is 20.6. The van der Waals surface area contributed by atoms with Crippen LogP contribution < -0.4 is 0 Å². The van der Waals surface area contributed by atoms with E-state index in [0.29, 0.717) is 33.2 Å². The lowest BCUT2D eigenvalue weighted by Crippen LogP contribution is -2.44. The highest BCUT2D eigenvalue weighted by Gasteiger charge is 2.43. The van der Waals surface area contributed by atoms with Gasteiger partial charge in [0.25, 0.3) is 0 Å². The molecular formula is C24H48OSi2. The highest BCUT2D eigenvalue weighted by Crippen LogP contribution is 2.43. The van der Waals surface area contributed by atoms with Crippen LogP contribution in [0.2, 0.25) is 33.2 Å². The smallest absolute Gasteiger partial charge is 0.146 e. The molecule has 0 rings (SSSR count). The highest BCUT2D eigenvalue weighted by atomic mass is 28.3. The molecule has 1 unspecified atom stereocenters. The van der Waals surface area contributed by atoms with Gasteiger partial charge in [-0.1, -0.05) is 94.7 Å². The molecule has 0 radical (unpaired) electrons. The van der Waals surface area contributed by atoms with Gasteiger partial charge in [0.15, 0.2) is 0 Å². The molecule has 1 nitrogen and oxygen atoms in total. The largest absolute Gasteiger partial charge is 0.374 e. The molecule has 0 heterocycles. The fourth-order valence-electron chi connectivity index (χ4n) is 5.59. The van der Waals surface area contributed by atoms with E-state index in [-0.39, 0.29) is 0 Å². The van der Waals surface area contributed by atoms with Gasteiger partial charge in [0.2, 0.25) is 0 Å². The van der Waals surface area contributed by atoms with Crippen molar-refractivity contribution < 1.29 is 5.11 Å². The van der Waals surface area contributed by atoms with Crippen LogP contribution in [0.4, 0.5) is 0 Å². The molecule has 0 aliphatic heterocycles. The Hall–Kier alpha value is -0.306. The molecule has 3 heteroatoms.